The van der Waals surface area contributed by atoms with Crippen molar-refractivity contribution in [1.82, 2.24) is 10.6 Å². The van der Waals surface area contributed by atoms with Crippen LogP contribution in [-0.2, 0) is 11.2 Å². The number of hydrogen-bond acceptors (Lipinski definition) is 2. The number of rotatable bonds is 5. The first-order valence-electron chi connectivity index (χ1n) is 7.35. The molecule has 4 nitrogen and oxygen atoms in total. The zero-order valence-electron chi connectivity index (χ0n) is 13.6. The predicted octanol–water partition coefficient (Wildman–Crippen LogP) is 2.53. The second-order valence-electron chi connectivity index (χ2n) is 6.78. The zero-order valence-corrected chi connectivity index (χ0v) is 13.6. The molecule has 0 fully saturated rings. The number of amides is 2. The van der Waals surface area contributed by atoms with Crippen LogP contribution in [0.25, 0.3) is 0 Å². The van der Waals surface area contributed by atoms with E-state index in [1.54, 1.807) is 6.07 Å². The third-order valence-electron chi connectivity index (χ3n) is 2.76. The molecule has 2 N–H and O–H groups in total. The number of carbonyl (C=O) groups excluding carboxylic acids is 2. The Kier molecular flexibility index (Phi) is 5.94. The molecule has 0 saturated heterocycles. The van der Waals surface area contributed by atoms with Crippen molar-refractivity contribution in [3.05, 3.63) is 35.4 Å². The Morgan fingerprint density at radius 1 is 1.19 bits per heavy atom. The first-order valence-corrected chi connectivity index (χ1v) is 7.35. The van der Waals surface area contributed by atoms with Crippen molar-refractivity contribution < 1.29 is 9.59 Å². The van der Waals surface area contributed by atoms with Gasteiger partial charge in [-0.3, -0.25) is 9.59 Å². The van der Waals surface area contributed by atoms with Crippen LogP contribution < -0.4 is 10.6 Å². The summed E-state index contributed by atoms with van der Waals surface area (Å²) in [5.41, 5.74) is 1.44. The van der Waals surface area contributed by atoms with Gasteiger partial charge in [-0.05, 0) is 50.8 Å². The lowest BCUT2D eigenvalue weighted by atomic mass is 10.0. The maximum Gasteiger partial charge on any atom is 0.251 e. The molecule has 1 rings (SSSR count). The summed E-state index contributed by atoms with van der Waals surface area (Å²) in [6.45, 7) is 9.99. The average molecular weight is 290 g/mol. The van der Waals surface area contributed by atoms with E-state index >= 15 is 0 Å². The van der Waals surface area contributed by atoms with Crippen LogP contribution in [-0.4, -0.2) is 23.9 Å². The molecule has 1 aromatic rings. The van der Waals surface area contributed by atoms with Crippen LogP contribution in [0.5, 0.6) is 0 Å². The van der Waals surface area contributed by atoms with E-state index in [1.807, 2.05) is 39.0 Å². The van der Waals surface area contributed by atoms with Gasteiger partial charge in [0.25, 0.3) is 5.91 Å². The smallest absolute Gasteiger partial charge is 0.251 e. The molecule has 1 aromatic carbocycles. The van der Waals surface area contributed by atoms with Crippen LogP contribution in [0.2, 0.25) is 0 Å². The van der Waals surface area contributed by atoms with Gasteiger partial charge in [0.15, 0.2) is 0 Å². The van der Waals surface area contributed by atoms with E-state index in [0.29, 0.717) is 11.5 Å². The second-order valence-corrected chi connectivity index (χ2v) is 6.78. The fourth-order valence-electron chi connectivity index (χ4n) is 2.04. The van der Waals surface area contributed by atoms with E-state index in [-0.39, 0.29) is 23.9 Å². The average Bonchev–Trinajstić information content (AvgIpc) is 2.33. The molecule has 0 spiro atoms. The van der Waals surface area contributed by atoms with Gasteiger partial charge in [-0.1, -0.05) is 26.0 Å². The third-order valence-corrected chi connectivity index (χ3v) is 2.76. The van der Waals surface area contributed by atoms with Crippen LogP contribution in [0.4, 0.5) is 0 Å². The van der Waals surface area contributed by atoms with Gasteiger partial charge in [0, 0.05) is 11.1 Å². The molecule has 0 aliphatic carbocycles. The standard InChI is InChI=1S/C17H26N2O2/c1-12(2)9-13-7-6-8-14(10-13)16(21)18-11-15(20)19-17(3,4)5/h6-8,10,12H,9,11H2,1-5H3,(H,18,21)(H,19,20). The highest BCUT2D eigenvalue weighted by Crippen LogP contribution is 2.10. The number of benzene rings is 1. The summed E-state index contributed by atoms with van der Waals surface area (Å²) >= 11 is 0. The minimum atomic E-state index is -0.293. The fraction of sp³-hybridized carbons (Fsp3) is 0.529. The van der Waals surface area contributed by atoms with Gasteiger partial charge in [-0.2, -0.15) is 0 Å². The summed E-state index contributed by atoms with van der Waals surface area (Å²) in [5, 5.41) is 5.46. The third kappa shape index (κ3) is 6.93. The van der Waals surface area contributed by atoms with Crippen molar-refractivity contribution in [3.63, 3.8) is 0 Å². The quantitative estimate of drug-likeness (QED) is 0.875. The van der Waals surface area contributed by atoms with Gasteiger partial charge in [-0.25, -0.2) is 0 Å². The molecule has 0 bridgehead atoms. The van der Waals surface area contributed by atoms with E-state index in [4.69, 9.17) is 0 Å². The number of nitrogens with one attached hydrogen (secondary N) is 2. The molecular weight excluding hydrogens is 264 g/mol. The molecule has 21 heavy (non-hydrogen) atoms. The molecule has 0 aliphatic heterocycles. The van der Waals surface area contributed by atoms with E-state index in [2.05, 4.69) is 24.5 Å². The second kappa shape index (κ2) is 7.25. The zero-order chi connectivity index (χ0) is 16.0. The van der Waals surface area contributed by atoms with Crippen LogP contribution >= 0.6 is 0 Å². The van der Waals surface area contributed by atoms with Crippen molar-refractivity contribution in [3.8, 4) is 0 Å². The van der Waals surface area contributed by atoms with Crippen molar-refractivity contribution in [2.75, 3.05) is 6.54 Å². The summed E-state index contributed by atoms with van der Waals surface area (Å²) in [5.74, 6) is 0.139. The predicted molar refractivity (Wildman–Crippen MR) is 85.2 cm³/mol. The lowest BCUT2D eigenvalue weighted by Crippen LogP contribution is -2.45. The highest BCUT2D eigenvalue weighted by Gasteiger charge is 2.14. The first-order chi connectivity index (χ1) is 9.67. The number of hydrogen-bond donors (Lipinski definition) is 2. The van der Waals surface area contributed by atoms with Crippen molar-refractivity contribution in [2.24, 2.45) is 5.92 Å². The molecule has 116 valence electrons. The van der Waals surface area contributed by atoms with Crippen molar-refractivity contribution in [2.45, 2.75) is 46.6 Å². The Labute approximate surface area is 127 Å². The van der Waals surface area contributed by atoms with Crippen molar-refractivity contribution in [1.29, 1.82) is 0 Å². The molecule has 2 amide bonds. The molecule has 0 aliphatic rings. The summed E-state index contributed by atoms with van der Waals surface area (Å²) in [6, 6.07) is 7.54. The molecular formula is C17H26N2O2. The molecule has 0 radical (unpaired) electrons. The molecule has 0 atom stereocenters. The maximum atomic E-state index is 12.1. The molecule has 0 aromatic heterocycles. The summed E-state index contributed by atoms with van der Waals surface area (Å²) in [6.07, 6.45) is 0.936. The van der Waals surface area contributed by atoms with Gasteiger partial charge in [0.1, 0.15) is 0 Å². The van der Waals surface area contributed by atoms with Crippen LogP contribution in [0.1, 0.15) is 50.5 Å². The largest absolute Gasteiger partial charge is 0.350 e. The van der Waals surface area contributed by atoms with Gasteiger partial charge in [0.2, 0.25) is 5.91 Å². The van der Waals surface area contributed by atoms with Crippen LogP contribution in [0.3, 0.4) is 0 Å². The SMILES string of the molecule is CC(C)Cc1cccc(C(=O)NCC(=O)NC(C)(C)C)c1. The molecule has 0 heterocycles. The summed E-state index contributed by atoms with van der Waals surface area (Å²) < 4.78 is 0. The summed E-state index contributed by atoms with van der Waals surface area (Å²) in [7, 11) is 0. The van der Waals surface area contributed by atoms with E-state index < -0.39 is 0 Å². The maximum absolute atomic E-state index is 12.1. The Bertz CT molecular complexity index is 502. The fourth-order valence-corrected chi connectivity index (χ4v) is 2.04. The Morgan fingerprint density at radius 3 is 2.43 bits per heavy atom. The van der Waals surface area contributed by atoms with Crippen molar-refractivity contribution >= 4 is 11.8 Å². The normalized spacial score (nSPS) is 11.3. The summed E-state index contributed by atoms with van der Waals surface area (Å²) in [4.78, 5) is 23.7. The van der Waals surface area contributed by atoms with E-state index in [9.17, 15) is 9.59 Å². The minimum Gasteiger partial charge on any atom is -0.350 e. The topological polar surface area (TPSA) is 58.2 Å². The first kappa shape index (κ1) is 17.2. The van der Waals surface area contributed by atoms with Crippen LogP contribution in [0, 0.1) is 5.92 Å². The van der Waals surface area contributed by atoms with Gasteiger partial charge < -0.3 is 10.6 Å². The van der Waals surface area contributed by atoms with Gasteiger partial charge in [0.05, 0.1) is 6.54 Å². The molecule has 0 saturated carbocycles. The Hall–Kier alpha value is -1.84. The monoisotopic (exact) mass is 290 g/mol. The Morgan fingerprint density at radius 2 is 1.86 bits per heavy atom. The number of carbonyl (C=O) groups is 2. The highest BCUT2D eigenvalue weighted by molar-refractivity contribution is 5.96. The van der Waals surface area contributed by atoms with Gasteiger partial charge in [-0.15, -0.1) is 0 Å². The lowest BCUT2D eigenvalue weighted by molar-refractivity contribution is -0.121. The highest BCUT2D eigenvalue weighted by atomic mass is 16.2. The van der Waals surface area contributed by atoms with Gasteiger partial charge >= 0.3 is 0 Å². The molecule has 0 unspecified atom stereocenters. The van der Waals surface area contributed by atoms with E-state index in [0.717, 1.165) is 12.0 Å². The van der Waals surface area contributed by atoms with E-state index in [1.165, 1.54) is 0 Å². The van der Waals surface area contributed by atoms with Crippen LogP contribution in [0.15, 0.2) is 24.3 Å². The molecule has 4 heteroatoms. The Balaban J connectivity index is 2.58. The lowest BCUT2D eigenvalue weighted by Gasteiger charge is -2.20. The minimum absolute atomic E-state index is 0.00941.